The van der Waals surface area contributed by atoms with E-state index in [1.807, 2.05) is 12.2 Å². The molecular formula is C16H29N3O2. The first-order valence-corrected chi connectivity index (χ1v) is 8.23. The standard InChI is InChI=1S/C16H29N3O2/c1-13-4-2-8-19(11-13)9-3-7-17-16(21)18-15-6-5-14(10-15)12-20/h5-6,13-15,20H,2-4,7-12H2,1H3,(H2,17,18,21)/t13?,14-,15+/m0/s1. The Bertz CT molecular complexity index is 359. The van der Waals surface area contributed by atoms with Crippen molar-refractivity contribution in [1.82, 2.24) is 15.5 Å². The normalized spacial score (nSPS) is 29.5. The van der Waals surface area contributed by atoms with Gasteiger partial charge in [-0.05, 0) is 44.7 Å². The summed E-state index contributed by atoms with van der Waals surface area (Å²) in [6, 6.07) is -0.0413. The van der Waals surface area contributed by atoms with E-state index in [1.54, 1.807) is 0 Å². The molecule has 21 heavy (non-hydrogen) atoms. The Morgan fingerprint density at radius 3 is 3.00 bits per heavy atom. The van der Waals surface area contributed by atoms with Gasteiger partial charge < -0.3 is 20.6 Å². The zero-order valence-electron chi connectivity index (χ0n) is 13.1. The highest BCUT2D eigenvalue weighted by molar-refractivity contribution is 5.74. The molecule has 0 radical (unpaired) electrons. The second-order valence-corrected chi connectivity index (χ2v) is 6.47. The third-order valence-corrected chi connectivity index (χ3v) is 4.40. The molecule has 3 N–H and O–H groups in total. The molecule has 120 valence electrons. The van der Waals surface area contributed by atoms with E-state index in [4.69, 9.17) is 5.11 Å². The SMILES string of the molecule is CC1CCCN(CCCNC(=O)N[C@@H]2C=C[C@H](CO)C2)C1. The van der Waals surface area contributed by atoms with E-state index in [0.29, 0.717) is 0 Å². The topological polar surface area (TPSA) is 64.6 Å². The van der Waals surface area contributed by atoms with E-state index in [0.717, 1.165) is 31.8 Å². The van der Waals surface area contributed by atoms with E-state index in [-0.39, 0.29) is 24.6 Å². The van der Waals surface area contributed by atoms with Gasteiger partial charge >= 0.3 is 6.03 Å². The number of nitrogens with one attached hydrogen (secondary N) is 2. The third-order valence-electron chi connectivity index (χ3n) is 4.40. The molecule has 0 saturated carbocycles. The van der Waals surface area contributed by atoms with Gasteiger partial charge in [0, 0.05) is 31.7 Å². The average Bonchev–Trinajstić information content (AvgIpc) is 2.91. The predicted octanol–water partition coefficient (Wildman–Crippen LogP) is 1.34. The number of amides is 2. The molecule has 2 amide bonds. The van der Waals surface area contributed by atoms with E-state index >= 15 is 0 Å². The summed E-state index contributed by atoms with van der Waals surface area (Å²) < 4.78 is 0. The highest BCUT2D eigenvalue weighted by Crippen LogP contribution is 2.17. The monoisotopic (exact) mass is 295 g/mol. The maximum atomic E-state index is 11.8. The molecule has 0 aromatic carbocycles. The van der Waals surface area contributed by atoms with Crippen LogP contribution in [-0.2, 0) is 0 Å². The molecule has 0 bridgehead atoms. The van der Waals surface area contributed by atoms with Crippen LogP contribution in [0, 0.1) is 11.8 Å². The minimum atomic E-state index is -0.102. The van der Waals surface area contributed by atoms with Crippen molar-refractivity contribution in [3.05, 3.63) is 12.2 Å². The molecule has 0 aromatic rings. The molecule has 1 aliphatic carbocycles. The van der Waals surface area contributed by atoms with Crippen LogP contribution in [0.2, 0.25) is 0 Å². The second-order valence-electron chi connectivity index (χ2n) is 6.47. The fraction of sp³-hybridized carbons (Fsp3) is 0.812. The van der Waals surface area contributed by atoms with Crippen molar-refractivity contribution in [3.8, 4) is 0 Å². The van der Waals surface area contributed by atoms with Crippen LogP contribution in [0.3, 0.4) is 0 Å². The van der Waals surface area contributed by atoms with Crippen molar-refractivity contribution in [2.24, 2.45) is 11.8 Å². The van der Waals surface area contributed by atoms with E-state index in [2.05, 4.69) is 22.5 Å². The number of hydrogen-bond acceptors (Lipinski definition) is 3. The number of urea groups is 1. The Morgan fingerprint density at radius 1 is 1.43 bits per heavy atom. The number of carbonyl (C=O) groups is 1. The molecule has 1 saturated heterocycles. The lowest BCUT2D eigenvalue weighted by atomic mass is 10.0. The molecule has 1 heterocycles. The zero-order chi connectivity index (χ0) is 15.1. The third kappa shape index (κ3) is 5.67. The number of aliphatic hydroxyl groups excluding tert-OH is 1. The lowest BCUT2D eigenvalue weighted by Gasteiger charge is -2.30. The first-order valence-electron chi connectivity index (χ1n) is 8.23. The quantitative estimate of drug-likeness (QED) is 0.512. The molecule has 0 aromatic heterocycles. The van der Waals surface area contributed by atoms with Gasteiger partial charge in [-0.3, -0.25) is 0 Å². The Morgan fingerprint density at radius 2 is 2.29 bits per heavy atom. The number of nitrogens with zero attached hydrogens (tertiary/aromatic N) is 1. The summed E-state index contributed by atoms with van der Waals surface area (Å²) in [4.78, 5) is 14.3. The first kappa shape index (κ1) is 16.3. The fourth-order valence-corrected chi connectivity index (χ4v) is 3.23. The zero-order valence-corrected chi connectivity index (χ0v) is 13.1. The molecule has 2 aliphatic rings. The molecule has 2 rings (SSSR count). The summed E-state index contributed by atoms with van der Waals surface area (Å²) in [5.74, 6) is 1.00. The lowest BCUT2D eigenvalue weighted by molar-refractivity contribution is 0.181. The molecule has 3 atom stereocenters. The minimum absolute atomic E-state index is 0.0603. The van der Waals surface area contributed by atoms with Gasteiger partial charge in [0.2, 0.25) is 0 Å². The maximum Gasteiger partial charge on any atom is 0.315 e. The van der Waals surface area contributed by atoms with E-state index in [9.17, 15) is 4.79 Å². The summed E-state index contributed by atoms with van der Waals surface area (Å²) in [6.45, 7) is 6.65. The van der Waals surface area contributed by atoms with Gasteiger partial charge in [0.05, 0.1) is 0 Å². The van der Waals surface area contributed by atoms with Crippen LogP contribution in [0.1, 0.15) is 32.6 Å². The fourth-order valence-electron chi connectivity index (χ4n) is 3.23. The number of aliphatic hydroxyl groups is 1. The molecule has 1 unspecified atom stereocenters. The number of hydrogen-bond donors (Lipinski definition) is 3. The van der Waals surface area contributed by atoms with Crippen LogP contribution in [0.4, 0.5) is 4.79 Å². The smallest absolute Gasteiger partial charge is 0.315 e. The van der Waals surface area contributed by atoms with Crippen LogP contribution < -0.4 is 10.6 Å². The summed E-state index contributed by atoms with van der Waals surface area (Å²) in [7, 11) is 0. The van der Waals surface area contributed by atoms with Crippen molar-refractivity contribution in [2.75, 3.05) is 32.8 Å². The van der Waals surface area contributed by atoms with Crippen molar-refractivity contribution in [3.63, 3.8) is 0 Å². The number of rotatable bonds is 6. The summed E-state index contributed by atoms with van der Waals surface area (Å²) in [5.41, 5.74) is 0. The van der Waals surface area contributed by atoms with Crippen molar-refractivity contribution >= 4 is 6.03 Å². The van der Waals surface area contributed by atoms with Gasteiger partial charge in [0.25, 0.3) is 0 Å². The van der Waals surface area contributed by atoms with E-state index in [1.165, 1.54) is 25.9 Å². The van der Waals surface area contributed by atoms with Crippen LogP contribution >= 0.6 is 0 Å². The molecular weight excluding hydrogens is 266 g/mol. The van der Waals surface area contributed by atoms with Crippen LogP contribution in [0.25, 0.3) is 0 Å². The Kier molecular flexibility index (Phi) is 6.51. The van der Waals surface area contributed by atoms with Crippen LogP contribution in [0.5, 0.6) is 0 Å². The lowest BCUT2D eigenvalue weighted by Crippen LogP contribution is -2.42. The largest absolute Gasteiger partial charge is 0.396 e. The van der Waals surface area contributed by atoms with Gasteiger partial charge in [-0.2, -0.15) is 0 Å². The van der Waals surface area contributed by atoms with Gasteiger partial charge in [-0.1, -0.05) is 19.1 Å². The summed E-state index contributed by atoms with van der Waals surface area (Å²) in [5, 5.41) is 14.9. The first-order chi connectivity index (χ1) is 10.2. The number of likely N-dealkylation sites (tertiary alicyclic amines) is 1. The number of carbonyl (C=O) groups excluding carboxylic acids is 1. The Labute approximate surface area is 127 Å². The molecule has 1 aliphatic heterocycles. The minimum Gasteiger partial charge on any atom is -0.396 e. The van der Waals surface area contributed by atoms with Crippen LogP contribution in [-0.4, -0.2) is 54.9 Å². The van der Waals surface area contributed by atoms with Crippen molar-refractivity contribution in [2.45, 2.75) is 38.6 Å². The molecule has 5 heteroatoms. The molecule has 0 spiro atoms. The van der Waals surface area contributed by atoms with Gasteiger partial charge in [0.1, 0.15) is 0 Å². The maximum absolute atomic E-state index is 11.8. The Hall–Kier alpha value is -1.07. The van der Waals surface area contributed by atoms with Crippen LogP contribution in [0.15, 0.2) is 12.2 Å². The van der Waals surface area contributed by atoms with Crippen molar-refractivity contribution < 1.29 is 9.90 Å². The average molecular weight is 295 g/mol. The highest BCUT2D eigenvalue weighted by Gasteiger charge is 2.19. The molecule has 5 nitrogen and oxygen atoms in total. The van der Waals surface area contributed by atoms with Gasteiger partial charge in [0.15, 0.2) is 0 Å². The molecule has 1 fully saturated rings. The summed E-state index contributed by atoms with van der Waals surface area (Å²) in [6.07, 6.45) is 8.39. The predicted molar refractivity (Wildman–Crippen MR) is 84.1 cm³/mol. The van der Waals surface area contributed by atoms with Gasteiger partial charge in [-0.15, -0.1) is 0 Å². The summed E-state index contributed by atoms with van der Waals surface area (Å²) >= 11 is 0. The highest BCUT2D eigenvalue weighted by atomic mass is 16.3. The second kappa shape index (κ2) is 8.39. The van der Waals surface area contributed by atoms with E-state index < -0.39 is 0 Å². The van der Waals surface area contributed by atoms with Gasteiger partial charge in [-0.25, -0.2) is 4.79 Å². The number of piperidine rings is 1. The van der Waals surface area contributed by atoms with Crippen molar-refractivity contribution in [1.29, 1.82) is 0 Å². The Balaban J connectivity index is 1.52.